The maximum absolute atomic E-state index is 12.6. The molecule has 0 atom stereocenters. The maximum atomic E-state index is 12.6. The van der Waals surface area contributed by atoms with Gasteiger partial charge >= 0.3 is 0 Å². The molecule has 1 heterocycles. The number of rotatable bonds is 4. The van der Waals surface area contributed by atoms with Gasteiger partial charge in [-0.3, -0.25) is 9.59 Å². The standard InChI is InChI=1S/C19H26N2O3/c1-19(2,3)20-17(22)13-21(4)18(23)16-7-5-6-15(12-16)14-8-10-24-11-9-14/h5-8,12H,9-11,13H2,1-4H3,(H,20,22). The van der Waals surface area contributed by atoms with Crippen molar-refractivity contribution in [1.82, 2.24) is 10.2 Å². The van der Waals surface area contributed by atoms with Crippen LogP contribution in [0.1, 0.15) is 43.1 Å². The molecule has 1 aliphatic heterocycles. The minimum Gasteiger partial charge on any atom is -0.377 e. The predicted octanol–water partition coefficient (Wildman–Crippen LogP) is 2.48. The molecule has 5 nitrogen and oxygen atoms in total. The van der Waals surface area contributed by atoms with E-state index in [1.54, 1.807) is 13.1 Å². The first-order valence-corrected chi connectivity index (χ1v) is 8.20. The lowest BCUT2D eigenvalue weighted by molar-refractivity contribution is -0.122. The number of benzene rings is 1. The van der Waals surface area contributed by atoms with E-state index in [0.717, 1.165) is 12.0 Å². The summed E-state index contributed by atoms with van der Waals surface area (Å²) in [6.07, 6.45) is 2.90. The fraction of sp³-hybridized carbons (Fsp3) is 0.474. The number of hydrogen-bond acceptors (Lipinski definition) is 3. The molecule has 2 amide bonds. The number of carbonyl (C=O) groups is 2. The molecule has 0 unspecified atom stereocenters. The van der Waals surface area contributed by atoms with Crippen LogP contribution in [-0.4, -0.2) is 49.1 Å². The topological polar surface area (TPSA) is 58.6 Å². The molecule has 0 aromatic heterocycles. The van der Waals surface area contributed by atoms with E-state index < -0.39 is 0 Å². The Labute approximate surface area is 143 Å². The lowest BCUT2D eigenvalue weighted by Crippen LogP contribution is -2.46. The Morgan fingerprint density at radius 2 is 2.04 bits per heavy atom. The average molecular weight is 330 g/mol. The molecule has 0 bridgehead atoms. The monoisotopic (exact) mass is 330 g/mol. The number of nitrogens with zero attached hydrogens (tertiary/aromatic N) is 1. The Hall–Kier alpha value is -2.14. The van der Waals surface area contributed by atoms with Crippen LogP contribution in [0.3, 0.4) is 0 Å². The molecular formula is C19H26N2O3. The van der Waals surface area contributed by atoms with Crippen molar-refractivity contribution < 1.29 is 14.3 Å². The number of hydrogen-bond donors (Lipinski definition) is 1. The van der Waals surface area contributed by atoms with Gasteiger partial charge < -0.3 is 15.0 Å². The number of ether oxygens (including phenoxy) is 1. The van der Waals surface area contributed by atoms with E-state index in [0.29, 0.717) is 18.8 Å². The molecule has 0 saturated heterocycles. The quantitative estimate of drug-likeness (QED) is 0.923. The Bertz CT molecular complexity index is 644. The number of carbonyl (C=O) groups excluding carboxylic acids is 2. The highest BCUT2D eigenvalue weighted by atomic mass is 16.5. The molecule has 130 valence electrons. The van der Waals surface area contributed by atoms with Crippen LogP contribution in [0.15, 0.2) is 30.3 Å². The van der Waals surface area contributed by atoms with E-state index >= 15 is 0 Å². The summed E-state index contributed by atoms with van der Waals surface area (Å²) in [7, 11) is 1.64. The smallest absolute Gasteiger partial charge is 0.254 e. The van der Waals surface area contributed by atoms with Gasteiger partial charge in [0.1, 0.15) is 0 Å². The van der Waals surface area contributed by atoms with E-state index in [-0.39, 0.29) is 23.9 Å². The first kappa shape index (κ1) is 18.2. The van der Waals surface area contributed by atoms with E-state index in [1.165, 1.54) is 10.5 Å². The Kier molecular flexibility index (Phi) is 5.78. The van der Waals surface area contributed by atoms with E-state index in [4.69, 9.17) is 4.74 Å². The van der Waals surface area contributed by atoms with Crippen molar-refractivity contribution in [2.24, 2.45) is 0 Å². The molecule has 1 aliphatic rings. The molecule has 1 aromatic carbocycles. The lowest BCUT2D eigenvalue weighted by atomic mass is 9.99. The van der Waals surface area contributed by atoms with Crippen molar-refractivity contribution in [3.05, 3.63) is 41.5 Å². The lowest BCUT2D eigenvalue weighted by Gasteiger charge is -2.23. The van der Waals surface area contributed by atoms with Crippen LogP contribution in [0.4, 0.5) is 0 Å². The van der Waals surface area contributed by atoms with Crippen molar-refractivity contribution in [3.63, 3.8) is 0 Å². The van der Waals surface area contributed by atoms with Gasteiger partial charge in [0.15, 0.2) is 0 Å². The summed E-state index contributed by atoms with van der Waals surface area (Å²) in [6.45, 7) is 7.10. The molecule has 1 N–H and O–H groups in total. The first-order valence-electron chi connectivity index (χ1n) is 8.20. The Morgan fingerprint density at radius 3 is 2.67 bits per heavy atom. The van der Waals surface area contributed by atoms with Gasteiger partial charge in [0.05, 0.1) is 19.8 Å². The molecule has 0 fully saturated rings. The second-order valence-corrected chi connectivity index (χ2v) is 7.09. The van der Waals surface area contributed by atoms with E-state index in [1.807, 2.05) is 45.0 Å². The fourth-order valence-electron chi connectivity index (χ4n) is 2.61. The van der Waals surface area contributed by atoms with Crippen molar-refractivity contribution >= 4 is 17.4 Å². The van der Waals surface area contributed by atoms with Crippen molar-refractivity contribution in [2.75, 3.05) is 26.8 Å². The van der Waals surface area contributed by atoms with Crippen LogP contribution in [0.2, 0.25) is 0 Å². The summed E-state index contributed by atoms with van der Waals surface area (Å²) >= 11 is 0. The summed E-state index contributed by atoms with van der Waals surface area (Å²) in [5.74, 6) is -0.324. The van der Waals surface area contributed by atoms with Crippen molar-refractivity contribution in [1.29, 1.82) is 0 Å². The van der Waals surface area contributed by atoms with Gasteiger partial charge in [0.25, 0.3) is 5.91 Å². The van der Waals surface area contributed by atoms with Crippen molar-refractivity contribution in [2.45, 2.75) is 32.7 Å². The largest absolute Gasteiger partial charge is 0.377 e. The molecule has 2 rings (SSSR count). The molecular weight excluding hydrogens is 304 g/mol. The third kappa shape index (κ3) is 5.20. The van der Waals surface area contributed by atoms with Crippen LogP contribution in [-0.2, 0) is 9.53 Å². The molecule has 24 heavy (non-hydrogen) atoms. The van der Waals surface area contributed by atoms with Crippen molar-refractivity contribution in [3.8, 4) is 0 Å². The number of amides is 2. The molecule has 0 radical (unpaired) electrons. The Balaban J connectivity index is 2.06. The van der Waals surface area contributed by atoms with Gasteiger partial charge in [-0.25, -0.2) is 0 Å². The second-order valence-electron chi connectivity index (χ2n) is 7.09. The van der Waals surface area contributed by atoms with Gasteiger partial charge in [0, 0.05) is 18.2 Å². The van der Waals surface area contributed by atoms with Crippen LogP contribution < -0.4 is 5.32 Å². The summed E-state index contributed by atoms with van der Waals surface area (Å²) < 4.78 is 5.32. The molecule has 0 saturated carbocycles. The fourth-order valence-corrected chi connectivity index (χ4v) is 2.61. The van der Waals surface area contributed by atoms with Gasteiger partial charge in [-0.2, -0.15) is 0 Å². The minimum atomic E-state index is -0.309. The van der Waals surface area contributed by atoms with Crippen LogP contribution >= 0.6 is 0 Å². The average Bonchev–Trinajstić information content (AvgIpc) is 2.53. The van der Waals surface area contributed by atoms with Gasteiger partial charge in [-0.05, 0) is 50.5 Å². The number of likely N-dealkylation sites (N-methyl/N-ethyl adjacent to an activating group) is 1. The van der Waals surface area contributed by atoms with Crippen LogP contribution in [0.5, 0.6) is 0 Å². The molecule has 0 spiro atoms. The SMILES string of the molecule is CN(CC(=O)NC(C)(C)C)C(=O)c1cccc(C2=CCOCC2)c1. The third-order valence-electron chi connectivity index (χ3n) is 3.69. The van der Waals surface area contributed by atoms with Crippen LogP contribution in [0, 0.1) is 0 Å². The van der Waals surface area contributed by atoms with Gasteiger partial charge in [0.2, 0.25) is 5.91 Å². The van der Waals surface area contributed by atoms with E-state index in [9.17, 15) is 9.59 Å². The van der Waals surface area contributed by atoms with Gasteiger partial charge in [-0.15, -0.1) is 0 Å². The highest BCUT2D eigenvalue weighted by Crippen LogP contribution is 2.22. The van der Waals surface area contributed by atoms with E-state index in [2.05, 4.69) is 5.32 Å². The first-order chi connectivity index (χ1) is 11.3. The Morgan fingerprint density at radius 1 is 1.29 bits per heavy atom. The molecule has 0 aliphatic carbocycles. The summed E-state index contributed by atoms with van der Waals surface area (Å²) in [6, 6.07) is 7.55. The third-order valence-corrected chi connectivity index (χ3v) is 3.69. The maximum Gasteiger partial charge on any atom is 0.254 e. The zero-order valence-electron chi connectivity index (χ0n) is 14.9. The second kappa shape index (κ2) is 7.62. The van der Waals surface area contributed by atoms with Crippen LogP contribution in [0.25, 0.3) is 5.57 Å². The number of nitrogens with one attached hydrogen (secondary N) is 1. The summed E-state index contributed by atoms with van der Waals surface area (Å²) in [5.41, 5.74) is 2.52. The highest BCUT2D eigenvalue weighted by Gasteiger charge is 2.19. The minimum absolute atomic E-state index is 0.0386. The highest BCUT2D eigenvalue weighted by molar-refractivity contribution is 5.97. The summed E-state index contributed by atoms with van der Waals surface area (Å²) in [5, 5.41) is 2.86. The predicted molar refractivity (Wildman–Crippen MR) is 94.7 cm³/mol. The zero-order valence-corrected chi connectivity index (χ0v) is 14.9. The molecule has 5 heteroatoms. The molecule has 1 aromatic rings. The summed E-state index contributed by atoms with van der Waals surface area (Å²) in [4.78, 5) is 26.0. The normalized spacial score (nSPS) is 14.8. The van der Waals surface area contributed by atoms with Gasteiger partial charge in [-0.1, -0.05) is 18.2 Å². The zero-order chi connectivity index (χ0) is 17.7.